The van der Waals surface area contributed by atoms with Gasteiger partial charge < -0.3 is 19.9 Å². The summed E-state index contributed by atoms with van der Waals surface area (Å²) < 4.78 is 10.9. The molecule has 1 fully saturated rings. The molecule has 1 aliphatic rings. The monoisotopic (exact) mass is 335 g/mol. The second-order valence-electron chi connectivity index (χ2n) is 6.22. The highest BCUT2D eigenvalue weighted by Gasteiger charge is 2.23. The van der Waals surface area contributed by atoms with Crippen LogP contribution in [0.1, 0.15) is 47.7 Å². The Kier molecular flexibility index (Phi) is 6.20. The van der Waals surface area contributed by atoms with Crippen LogP contribution in [0.25, 0.3) is 0 Å². The van der Waals surface area contributed by atoms with Gasteiger partial charge >= 0.3 is 5.97 Å². The van der Waals surface area contributed by atoms with Crippen LogP contribution in [-0.2, 0) is 9.53 Å². The summed E-state index contributed by atoms with van der Waals surface area (Å²) in [4.78, 5) is 23.1. The van der Waals surface area contributed by atoms with Gasteiger partial charge in [-0.3, -0.25) is 4.79 Å². The van der Waals surface area contributed by atoms with Crippen LogP contribution in [0.4, 0.5) is 0 Å². The third-order valence-electron chi connectivity index (χ3n) is 4.22. The van der Waals surface area contributed by atoms with Crippen molar-refractivity contribution in [2.45, 2.75) is 52.2 Å². The minimum Gasteiger partial charge on any atom is -0.481 e. The fraction of sp³-hybridized carbons (Fsp3) is 0.556. The predicted octanol–water partition coefficient (Wildman–Crippen LogP) is 2.45. The molecule has 1 heterocycles. The van der Waals surface area contributed by atoms with Gasteiger partial charge in [-0.1, -0.05) is 6.92 Å². The summed E-state index contributed by atoms with van der Waals surface area (Å²) in [7, 11) is 0. The van der Waals surface area contributed by atoms with Crippen molar-refractivity contribution in [3.05, 3.63) is 28.8 Å². The molecule has 1 aliphatic heterocycles. The van der Waals surface area contributed by atoms with Crippen LogP contribution >= 0.6 is 0 Å². The predicted molar refractivity (Wildman–Crippen MR) is 89.6 cm³/mol. The first-order valence-corrected chi connectivity index (χ1v) is 8.29. The highest BCUT2D eigenvalue weighted by Crippen LogP contribution is 2.25. The van der Waals surface area contributed by atoms with Crippen molar-refractivity contribution in [1.29, 1.82) is 0 Å². The molecule has 1 aromatic carbocycles. The topological polar surface area (TPSA) is 84.9 Å². The maximum absolute atomic E-state index is 12.5. The molecule has 0 aromatic heterocycles. The first kappa shape index (κ1) is 18.3. The highest BCUT2D eigenvalue weighted by molar-refractivity contribution is 5.95. The molecule has 0 radical (unpaired) electrons. The first-order chi connectivity index (χ1) is 11.4. The van der Waals surface area contributed by atoms with Gasteiger partial charge in [-0.2, -0.15) is 0 Å². The van der Waals surface area contributed by atoms with Crippen LogP contribution < -0.4 is 10.1 Å². The van der Waals surface area contributed by atoms with Crippen LogP contribution in [0.2, 0.25) is 0 Å². The molecule has 0 saturated carbocycles. The van der Waals surface area contributed by atoms with E-state index in [2.05, 4.69) is 12.2 Å². The number of amides is 1. The van der Waals surface area contributed by atoms with Gasteiger partial charge in [0.05, 0.1) is 6.10 Å². The summed E-state index contributed by atoms with van der Waals surface area (Å²) in [6.45, 7) is 5.97. The zero-order valence-corrected chi connectivity index (χ0v) is 14.4. The minimum absolute atomic E-state index is 0.118. The van der Waals surface area contributed by atoms with E-state index in [1.165, 1.54) is 0 Å². The lowest BCUT2D eigenvalue weighted by Crippen LogP contribution is -2.41. The number of rotatable bonds is 6. The zero-order chi connectivity index (χ0) is 17.7. The van der Waals surface area contributed by atoms with Crippen molar-refractivity contribution in [3.63, 3.8) is 0 Å². The lowest BCUT2D eigenvalue weighted by Gasteiger charge is -2.29. The van der Waals surface area contributed by atoms with E-state index in [0.717, 1.165) is 30.4 Å². The zero-order valence-electron chi connectivity index (χ0n) is 14.4. The number of hydrogen-bond acceptors (Lipinski definition) is 4. The second kappa shape index (κ2) is 8.15. The summed E-state index contributed by atoms with van der Waals surface area (Å²) in [5, 5.41) is 11.8. The fourth-order valence-corrected chi connectivity index (χ4v) is 3.01. The van der Waals surface area contributed by atoms with E-state index in [-0.39, 0.29) is 18.1 Å². The van der Waals surface area contributed by atoms with Crippen molar-refractivity contribution in [1.82, 2.24) is 5.32 Å². The number of nitrogens with one attached hydrogen (secondary N) is 1. The van der Waals surface area contributed by atoms with E-state index >= 15 is 0 Å². The van der Waals surface area contributed by atoms with Gasteiger partial charge in [-0.05, 0) is 56.4 Å². The molecule has 2 rings (SSSR count). The molecule has 0 unspecified atom stereocenters. The maximum atomic E-state index is 12.5. The fourth-order valence-electron chi connectivity index (χ4n) is 3.01. The summed E-state index contributed by atoms with van der Waals surface area (Å²) >= 11 is 0. The number of carbonyl (C=O) groups is 2. The summed E-state index contributed by atoms with van der Waals surface area (Å²) in [5.41, 5.74) is 2.06. The number of carboxylic acids is 1. The molecular weight excluding hydrogens is 310 g/mol. The van der Waals surface area contributed by atoms with Gasteiger partial charge in [0, 0.05) is 18.2 Å². The average Bonchev–Trinajstić information content (AvgIpc) is 2.53. The van der Waals surface area contributed by atoms with E-state index in [4.69, 9.17) is 14.6 Å². The SMILES string of the molecule is CC[C@@H]1C[C@@H](NC(=O)c2cc(C)c(OCC(=O)O)c(C)c2)CCO1. The van der Waals surface area contributed by atoms with E-state index in [9.17, 15) is 9.59 Å². The highest BCUT2D eigenvalue weighted by atomic mass is 16.5. The molecule has 24 heavy (non-hydrogen) atoms. The van der Waals surface area contributed by atoms with E-state index in [0.29, 0.717) is 17.9 Å². The molecule has 2 N–H and O–H groups in total. The Morgan fingerprint density at radius 3 is 2.58 bits per heavy atom. The summed E-state index contributed by atoms with van der Waals surface area (Å²) in [6.07, 6.45) is 2.81. The van der Waals surface area contributed by atoms with E-state index in [1.807, 2.05) is 13.8 Å². The van der Waals surface area contributed by atoms with Crippen LogP contribution in [0.3, 0.4) is 0 Å². The van der Waals surface area contributed by atoms with Crippen LogP contribution in [0.5, 0.6) is 5.75 Å². The molecule has 0 bridgehead atoms. The molecule has 1 amide bonds. The largest absolute Gasteiger partial charge is 0.481 e. The summed E-state index contributed by atoms with van der Waals surface area (Å²) in [5.74, 6) is -0.626. The molecule has 132 valence electrons. The van der Waals surface area contributed by atoms with Gasteiger partial charge in [-0.15, -0.1) is 0 Å². The molecule has 0 spiro atoms. The Labute approximate surface area is 142 Å². The maximum Gasteiger partial charge on any atom is 0.341 e. The normalized spacial score (nSPS) is 20.5. The van der Waals surface area contributed by atoms with Crippen molar-refractivity contribution in [2.24, 2.45) is 0 Å². The molecule has 0 aliphatic carbocycles. The van der Waals surface area contributed by atoms with E-state index in [1.54, 1.807) is 12.1 Å². The first-order valence-electron chi connectivity index (χ1n) is 8.29. The third kappa shape index (κ3) is 4.71. The number of aryl methyl sites for hydroxylation is 2. The molecule has 6 heteroatoms. The van der Waals surface area contributed by atoms with Gasteiger partial charge in [0.1, 0.15) is 5.75 Å². The van der Waals surface area contributed by atoms with Gasteiger partial charge in [0.15, 0.2) is 6.61 Å². The number of aliphatic carboxylic acids is 1. The molecule has 6 nitrogen and oxygen atoms in total. The van der Waals surface area contributed by atoms with Crippen LogP contribution in [-0.4, -0.2) is 42.3 Å². The second-order valence-corrected chi connectivity index (χ2v) is 6.22. The third-order valence-corrected chi connectivity index (χ3v) is 4.22. The lowest BCUT2D eigenvalue weighted by atomic mass is 10.00. The Balaban J connectivity index is 2.05. The number of carbonyl (C=O) groups excluding carboxylic acids is 1. The average molecular weight is 335 g/mol. The molecule has 1 aromatic rings. The smallest absolute Gasteiger partial charge is 0.341 e. The quantitative estimate of drug-likeness (QED) is 0.834. The van der Waals surface area contributed by atoms with Crippen LogP contribution in [0, 0.1) is 13.8 Å². The van der Waals surface area contributed by atoms with Crippen molar-refractivity contribution in [3.8, 4) is 5.75 Å². The van der Waals surface area contributed by atoms with Crippen molar-refractivity contribution < 1.29 is 24.2 Å². The van der Waals surface area contributed by atoms with Crippen molar-refractivity contribution >= 4 is 11.9 Å². The van der Waals surface area contributed by atoms with Crippen LogP contribution in [0.15, 0.2) is 12.1 Å². The van der Waals surface area contributed by atoms with Gasteiger partial charge in [0.2, 0.25) is 0 Å². The number of benzene rings is 1. The standard InChI is InChI=1S/C18H25NO5/c1-4-15-9-14(5-6-23-15)19-18(22)13-7-11(2)17(12(3)8-13)24-10-16(20)21/h7-8,14-15H,4-6,9-10H2,1-3H3,(H,19,22)(H,20,21)/t14-,15+/m0/s1. The number of carboxylic acid groups (broad SMARTS) is 1. The van der Waals surface area contributed by atoms with Crippen molar-refractivity contribution in [2.75, 3.05) is 13.2 Å². The number of hydrogen-bond donors (Lipinski definition) is 2. The Hall–Kier alpha value is -2.08. The lowest BCUT2D eigenvalue weighted by molar-refractivity contribution is -0.139. The molecule has 1 saturated heterocycles. The molecular formula is C18H25NO5. The number of ether oxygens (including phenoxy) is 2. The molecule has 2 atom stereocenters. The van der Waals surface area contributed by atoms with E-state index < -0.39 is 12.6 Å². The Bertz CT molecular complexity index is 590. The van der Waals surface area contributed by atoms with Gasteiger partial charge in [-0.25, -0.2) is 4.79 Å². The minimum atomic E-state index is -1.03. The Morgan fingerprint density at radius 1 is 1.33 bits per heavy atom. The summed E-state index contributed by atoms with van der Waals surface area (Å²) in [6, 6.07) is 3.59. The van der Waals surface area contributed by atoms with Gasteiger partial charge in [0.25, 0.3) is 5.91 Å². The Morgan fingerprint density at radius 2 is 2.00 bits per heavy atom.